The summed E-state index contributed by atoms with van der Waals surface area (Å²) in [5.41, 5.74) is 5.34. The number of nitrogens with zero attached hydrogens (tertiary/aromatic N) is 2. The van der Waals surface area contributed by atoms with E-state index in [1.807, 2.05) is 6.07 Å². The molecule has 0 saturated carbocycles. The predicted octanol–water partition coefficient (Wildman–Crippen LogP) is 0.754. The second-order valence-electron chi connectivity index (χ2n) is 5.70. The molecule has 5 nitrogen and oxygen atoms in total. The van der Waals surface area contributed by atoms with Crippen LogP contribution in [0.3, 0.4) is 0 Å². The first-order valence-corrected chi connectivity index (χ1v) is 7.06. The van der Waals surface area contributed by atoms with Crippen molar-refractivity contribution in [1.29, 1.82) is 0 Å². The van der Waals surface area contributed by atoms with E-state index < -0.39 is 0 Å². The molecule has 1 aromatic rings. The van der Waals surface area contributed by atoms with E-state index in [1.165, 1.54) is 5.56 Å². The van der Waals surface area contributed by atoms with Gasteiger partial charge in [-0.15, -0.1) is 0 Å². The first kappa shape index (κ1) is 15.3. The van der Waals surface area contributed by atoms with Gasteiger partial charge in [-0.3, -0.25) is 16.2 Å². The molecule has 1 aliphatic heterocycles. The van der Waals surface area contributed by atoms with Crippen molar-refractivity contribution in [3.8, 4) is 5.75 Å². The molecule has 1 aromatic carbocycles. The summed E-state index contributed by atoms with van der Waals surface area (Å²) in [6.07, 6.45) is 0. The molecule has 1 fully saturated rings. The fourth-order valence-electron chi connectivity index (χ4n) is 2.91. The van der Waals surface area contributed by atoms with Crippen LogP contribution in [0.5, 0.6) is 5.75 Å². The van der Waals surface area contributed by atoms with Crippen molar-refractivity contribution < 1.29 is 4.74 Å². The van der Waals surface area contributed by atoms with Gasteiger partial charge in [0.2, 0.25) is 0 Å². The fourth-order valence-corrected chi connectivity index (χ4v) is 2.91. The molecule has 0 spiro atoms. The average molecular weight is 278 g/mol. The number of piperazine rings is 1. The molecule has 0 aliphatic carbocycles. The summed E-state index contributed by atoms with van der Waals surface area (Å²) in [4.78, 5) is 4.71. The van der Waals surface area contributed by atoms with Crippen LogP contribution < -0.4 is 16.0 Å². The Hall–Kier alpha value is -1.14. The zero-order chi connectivity index (χ0) is 14.7. The van der Waals surface area contributed by atoms with Crippen molar-refractivity contribution in [1.82, 2.24) is 15.2 Å². The van der Waals surface area contributed by atoms with E-state index in [9.17, 15) is 0 Å². The zero-order valence-corrected chi connectivity index (χ0v) is 12.9. The quantitative estimate of drug-likeness (QED) is 0.629. The lowest BCUT2D eigenvalue weighted by molar-refractivity contribution is 0.0869. The SMILES string of the molecule is COc1ccc(C)cc1C(NN)C1CN(C)CCN1C. The van der Waals surface area contributed by atoms with Gasteiger partial charge in [0.25, 0.3) is 0 Å². The van der Waals surface area contributed by atoms with E-state index >= 15 is 0 Å². The van der Waals surface area contributed by atoms with Crippen LogP contribution in [0.1, 0.15) is 17.2 Å². The molecule has 1 saturated heterocycles. The Kier molecular flexibility index (Phi) is 4.99. The van der Waals surface area contributed by atoms with E-state index in [1.54, 1.807) is 7.11 Å². The Bertz CT molecular complexity index is 451. The molecule has 2 atom stereocenters. The summed E-state index contributed by atoms with van der Waals surface area (Å²) in [5.74, 6) is 6.76. The molecule has 2 unspecified atom stereocenters. The van der Waals surface area contributed by atoms with Crippen LogP contribution in [-0.2, 0) is 0 Å². The third-order valence-electron chi connectivity index (χ3n) is 4.18. The molecule has 2 rings (SSSR count). The number of aryl methyl sites for hydroxylation is 1. The van der Waals surface area contributed by atoms with E-state index in [4.69, 9.17) is 10.6 Å². The molecule has 5 heteroatoms. The van der Waals surface area contributed by atoms with Crippen molar-refractivity contribution in [2.45, 2.75) is 19.0 Å². The third kappa shape index (κ3) is 3.12. The van der Waals surface area contributed by atoms with E-state index in [2.05, 4.69) is 48.4 Å². The first-order chi connectivity index (χ1) is 9.56. The molecule has 3 N–H and O–H groups in total. The maximum absolute atomic E-state index is 5.87. The van der Waals surface area contributed by atoms with Gasteiger partial charge in [0.1, 0.15) is 5.75 Å². The van der Waals surface area contributed by atoms with Crippen LogP contribution >= 0.6 is 0 Å². The number of hydrogen-bond acceptors (Lipinski definition) is 5. The van der Waals surface area contributed by atoms with Crippen LogP contribution in [0, 0.1) is 6.92 Å². The van der Waals surface area contributed by atoms with Gasteiger partial charge in [0, 0.05) is 31.2 Å². The van der Waals surface area contributed by atoms with Gasteiger partial charge < -0.3 is 9.64 Å². The summed E-state index contributed by atoms with van der Waals surface area (Å²) < 4.78 is 5.51. The summed E-state index contributed by atoms with van der Waals surface area (Å²) in [5, 5.41) is 0. The number of methoxy groups -OCH3 is 1. The van der Waals surface area contributed by atoms with Gasteiger partial charge in [-0.1, -0.05) is 17.7 Å². The number of benzene rings is 1. The molecule has 112 valence electrons. The summed E-state index contributed by atoms with van der Waals surface area (Å²) in [6.45, 7) is 5.22. The Balaban J connectivity index is 2.33. The van der Waals surface area contributed by atoms with E-state index in [-0.39, 0.29) is 6.04 Å². The Morgan fingerprint density at radius 2 is 2.10 bits per heavy atom. The van der Waals surface area contributed by atoms with Crippen LogP contribution in [0.2, 0.25) is 0 Å². The number of hydrogen-bond donors (Lipinski definition) is 2. The average Bonchev–Trinajstić information content (AvgIpc) is 2.44. The minimum Gasteiger partial charge on any atom is -0.496 e. The molecule has 0 bridgehead atoms. The number of rotatable bonds is 4. The number of ether oxygens (including phenoxy) is 1. The van der Waals surface area contributed by atoms with Gasteiger partial charge in [-0.25, -0.2) is 0 Å². The molecule has 20 heavy (non-hydrogen) atoms. The van der Waals surface area contributed by atoms with Gasteiger partial charge in [-0.2, -0.15) is 0 Å². The second kappa shape index (κ2) is 6.54. The molecule has 0 radical (unpaired) electrons. The van der Waals surface area contributed by atoms with Crippen LogP contribution in [0.25, 0.3) is 0 Å². The maximum atomic E-state index is 5.87. The Labute approximate surface area is 121 Å². The normalized spacial score (nSPS) is 22.8. The lowest BCUT2D eigenvalue weighted by Gasteiger charge is -2.42. The highest BCUT2D eigenvalue weighted by Gasteiger charge is 2.31. The number of likely N-dealkylation sites (N-methyl/N-ethyl adjacent to an activating group) is 2. The van der Waals surface area contributed by atoms with E-state index in [0.717, 1.165) is 30.9 Å². The number of nitrogens with two attached hydrogens (primary N) is 1. The van der Waals surface area contributed by atoms with Crippen molar-refractivity contribution >= 4 is 0 Å². The first-order valence-electron chi connectivity index (χ1n) is 7.06. The van der Waals surface area contributed by atoms with Crippen molar-refractivity contribution in [3.63, 3.8) is 0 Å². The monoisotopic (exact) mass is 278 g/mol. The molecular weight excluding hydrogens is 252 g/mol. The second-order valence-corrected chi connectivity index (χ2v) is 5.70. The van der Waals surface area contributed by atoms with Gasteiger partial charge >= 0.3 is 0 Å². The predicted molar refractivity (Wildman–Crippen MR) is 81.7 cm³/mol. The minimum absolute atomic E-state index is 0.0533. The molecule has 0 amide bonds. The largest absolute Gasteiger partial charge is 0.496 e. The molecule has 0 aromatic heterocycles. The molecular formula is C15H26N4O. The van der Waals surface area contributed by atoms with Crippen molar-refractivity contribution in [3.05, 3.63) is 29.3 Å². The van der Waals surface area contributed by atoms with Crippen molar-refractivity contribution in [2.24, 2.45) is 5.84 Å². The molecule has 1 heterocycles. The van der Waals surface area contributed by atoms with Crippen LogP contribution in [0.15, 0.2) is 18.2 Å². The van der Waals surface area contributed by atoms with Gasteiger partial charge in [-0.05, 0) is 27.1 Å². The minimum atomic E-state index is 0.0533. The van der Waals surface area contributed by atoms with E-state index in [0.29, 0.717) is 6.04 Å². The highest BCUT2D eigenvalue weighted by molar-refractivity contribution is 5.40. The zero-order valence-electron chi connectivity index (χ0n) is 12.9. The topological polar surface area (TPSA) is 53.8 Å². The highest BCUT2D eigenvalue weighted by Crippen LogP contribution is 2.30. The third-order valence-corrected chi connectivity index (χ3v) is 4.18. The fraction of sp³-hybridized carbons (Fsp3) is 0.600. The number of nitrogens with one attached hydrogen (secondary N) is 1. The molecule has 1 aliphatic rings. The van der Waals surface area contributed by atoms with Crippen molar-refractivity contribution in [2.75, 3.05) is 40.8 Å². The Morgan fingerprint density at radius 3 is 2.75 bits per heavy atom. The maximum Gasteiger partial charge on any atom is 0.123 e. The summed E-state index contributed by atoms with van der Waals surface area (Å²) in [6, 6.07) is 6.62. The number of hydrazine groups is 1. The van der Waals surface area contributed by atoms with Crippen LogP contribution in [0.4, 0.5) is 0 Å². The smallest absolute Gasteiger partial charge is 0.123 e. The summed E-state index contributed by atoms with van der Waals surface area (Å²) in [7, 11) is 6.02. The lowest BCUT2D eigenvalue weighted by atomic mass is 9.94. The standard InChI is InChI=1S/C15H26N4O/c1-11-5-6-14(20-4)12(9-11)15(17-16)13-10-18(2)7-8-19(13)3/h5-6,9,13,15,17H,7-8,10,16H2,1-4H3. The Morgan fingerprint density at radius 1 is 1.35 bits per heavy atom. The van der Waals surface area contributed by atoms with Crippen LogP contribution in [-0.4, -0.2) is 56.7 Å². The van der Waals surface area contributed by atoms with Gasteiger partial charge in [0.05, 0.1) is 13.2 Å². The summed E-state index contributed by atoms with van der Waals surface area (Å²) >= 11 is 0. The highest BCUT2D eigenvalue weighted by atomic mass is 16.5. The lowest BCUT2D eigenvalue weighted by Crippen LogP contribution is -2.56. The van der Waals surface area contributed by atoms with Gasteiger partial charge in [0.15, 0.2) is 0 Å².